The molecule has 1 saturated heterocycles. The summed E-state index contributed by atoms with van der Waals surface area (Å²) < 4.78 is 0. The molecule has 1 aromatic rings. The van der Waals surface area contributed by atoms with Gasteiger partial charge in [-0.2, -0.15) is 0 Å². The smallest absolute Gasteiger partial charge is 0.104 e. The van der Waals surface area contributed by atoms with E-state index in [0.717, 1.165) is 6.42 Å². The number of halogens is 2. The van der Waals surface area contributed by atoms with Crippen molar-refractivity contribution >= 4 is 23.2 Å². The van der Waals surface area contributed by atoms with Gasteiger partial charge in [0.1, 0.15) is 6.10 Å². The Balaban J connectivity index is 2.35. The Bertz CT molecular complexity index is 473. The molecule has 0 bridgehead atoms. The van der Waals surface area contributed by atoms with Gasteiger partial charge < -0.3 is 5.11 Å². The molecular formula is C13H16Cl2N2O2. The van der Waals surface area contributed by atoms with Gasteiger partial charge in [0.2, 0.25) is 0 Å². The van der Waals surface area contributed by atoms with Crippen molar-refractivity contribution in [3.63, 3.8) is 0 Å². The predicted molar refractivity (Wildman–Crippen MR) is 76.2 cm³/mol. The maximum Gasteiger partial charge on any atom is 0.104 e. The van der Waals surface area contributed by atoms with Crippen molar-refractivity contribution in [1.29, 1.82) is 0 Å². The maximum absolute atomic E-state index is 11.0. The molecule has 1 fully saturated rings. The van der Waals surface area contributed by atoms with Crippen molar-refractivity contribution in [2.75, 3.05) is 0 Å². The van der Waals surface area contributed by atoms with Crippen molar-refractivity contribution < 1.29 is 5.11 Å². The SMILES string of the molecule is CC1(C)CCC(C(O)c2c(Cl)cccc2Cl)N1N=O. The van der Waals surface area contributed by atoms with Crippen molar-refractivity contribution in [3.8, 4) is 0 Å². The van der Waals surface area contributed by atoms with Crippen molar-refractivity contribution in [2.45, 2.75) is 44.4 Å². The van der Waals surface area contributed by atoms with E-state index in [0.29, 0.717) is 22.0 Å². The number of hydrogen-bond acceptors (Lipinski definition) is 3. The van der Waals surface area contributed by atoms with E-state index in [-0.39, 0.29) is 5.54 Å². The molecule has 2 unspecified atom stereocenters. The minimum atomic E-state index is -0.930. The Kier molecular flexibility index (Phi) is 4.04. The largest absolute Gasteiger partial charge is 0.386 e. The molecule has 1 heterocycles. The summed E-state index contributed by atoms with van der Waals surface area (Å²) in [5.41, 5.74) is 0.100. The zero-order valence-electron chi connectivity index (χ0n) is 10.8. The van der Waals surface area contributed by atoms with Crippen molar-refractivity contribution in [3.05, 3.63) is 38.7 Å². The van der Waals surface area contributed by atoms with E-state index in [1.165, 1.54) is 5.01 Å². The molecule has 1 aliphatic rings. The minimum Gasteiger partial charge on any atom is -0.386 e. The summed E-state index contributed by atoms with van der Waals surface area (Å²) in [4.78, 5) is 11.0. The molecule has 19 heavy (non-hydrogen) atoms. The van der Waals surface area contributed by atoms with Gasteiger partial charge >= 0.3 is 0 Å². The number of aliphatic hydroxyl groups is 1. The first-order chi connectivity index (χ1) is 8.88. The predicted octanol–water partition coefficient (Wildman–Crippen LogP) is 3.95. The Morgan fingerprint density at radius 2 is 2.00 bits per heavy atom. The zero-order valence-corrected chi connectivity index (χ0v) is 12.3. The fourth-order valence-corrected chi connectivity index (χ4v) is 3.26. The Morgan fingerprint density at radius 3 is 2.53 bits per heavy atom. The third-order valence-corrected chi connectivity index (χ3v) is 4.39. The van der Waals surface area contributed by atoms with Gasteiger partial charge in [-0.25, -0.2) is 5.01 Å². The van der Waals surface area contributed by atoms with Crippen LogP contribution in [0, 0.1) is 4.91 Å². The van der Waals surface area contributed by atoms with Gasteiger partial charge in [-0.05, 0) is 38.8 Å². The fraction of sp³-hybridized carbons (Fsp3) is 0.538. The average Bonchev–Trinajstić information content (AvgIpc) is 2.63. The zero-order chi connectivity index (χ0) is 14.2. The van der Waals surface area contributed by atoms with Crippen LogP contribution in [0.1, 0.15) is 38.4 Å². The van der Waals surface area contributed by atoms with Crippen LogP contribution >= 0.6 is 23.2 Å². The number of hydrogen-bond donors (Lipinski definition) is 1. The van der Waals surface area contributed by atoms with E-state index in [1.54, 1.807) is 18.2 Å². The molecule has 6 heteroatoms. The third-order valence-electron chi connectivity index (χ3n) is 3.73. The molecule has 0 spiro atoms. The molecule has 104 valence electrons. The van der Waals surface area contributed by atoms with Crippen LogP contribution in [0.25, 0.3) is 0 Å². The highest BCUT2D eigenvalue weighted by molar-refractivity contribution is 6.36. The number of benzene rings is 1. The van der Waals surface area contributed by atoms with Gasteiger partial charge in [-0.1, -0.05) is 29.3 Å². The van der Waals surface area contributed by atoms with Gasteiger partial charge in [0.25, 0.3) is 0 Å². The number of nitroso groups, excluding NO2 is 1. The molecule has 0 radical (unpaired) electrons. The summed E-state index contributed by atoms with van der Waals surface area (Å²) in [7, 11) is 0. The van der Waals surface area contributed by atoms with Crippen molar-refractivity contribution in [1.82, 2.24) is 5.01 Å². The lowest BCUT2D eigenvalue weighted by Crippen LogP contribution is -2.41. The summed E-state index contributed by atoms with van der Waals surface area (Å²) in [6.45, 7) is 3.85. The molecular weight excluding hydrogens is 287 g/mol. The van der Waals surface area contributed by atoms with E-state index >= 15 is 0 Å². The van der Waals surface area contributed by atoms with Crippen LogP contribution < -0.4 is 0 Å². The quantitative estimate of drug-likeness (QED) is 0.860. The first-order valence-corrected chi connectivity index (χ1v) is 6.88. The second kappa shape index (κ2) is 5.27. The molecule has 2 atom stereocenters. The highest BCUT2D eigenvalue weighted by atomic mass is 35.5. The molecule has 2 rings (SSSR count). The number of rotatable bonds is 3. The summed E-state index contributed by atoms with van der Waals surface area (Å²) in [5, 5.41) is 15.8. The van der Waals surface area contributed by atoms with Crippen LogP contribution in [0.2, 0.25) is 10.0 Å². The molecule has 0 amide bonds. The number of aliphatic hydroxyl groups excluding tert-OH is 1. The topological polar surface area (TPSA) is 52.9 Å². The Morgan fingerprint density at radius 1 is 1.42 bits per heavy atom. The molecule has 1 aliphatic heterocycles. The van der Waals surface area contributed by atoms with Crippen molar-refractivity contribution in [2.24, 2.45) is 5.29 Å². The summed E-state index contributed by atoms with van der Waals surface area (Å²) in [5.74, 6) is 0. The van der Waals surface area contributed by atoms with Gasteiger partial charge in [0.15, 0.2) is 0 Å². The van der Waals surface area contributed by atoms with E-state index < -0.39 is 12.1 Å². The first kappa shape index (κ1) is 14.6. The summed E-state index contributed by atoms with van der Waals surface area (Å²) >= 11 is 12.2. The fourth-order valence-electron chi connectivity index (χ4n) is 2.64. The highest BCUT2D eigenvalue weighted by Gasteiger charge is 2.44. The van der Waals surface area contributed by atoms with Crippen LogP contribution in [0.3, 0.4) is 0 Å². The van der Waals surface area contributed by atoms with Crippen LogP contribution in [0.15, 0.2) is 23.5 Å². The van der Waals surface area contributed by atoms with Crippen LogP contribution in [0.5, 0.6) is 0 Å². The Hall–Kier alpha value is -0.840. The van der Waals surface area contributed by atoms with E-state index in [1.807, 2.05) is 13.8 Å². The lowest BCUT2D eigenvalue weighted by molar-refractivity contribution is 0.0339. The molecule has 0 saturated carbocycles. The number of nitrogens with zero attached hydrogens (tertiary/aromatic N) is 2. The molecule has 4 nitrogen and oxygen atoms in total. The Labute approximate surface area is 122 Å². The molecule has 1 N–H and O–H groups in total. The second-order valence-corrected chi connectivity index (χ2v) is 6.24. The van der Waals surface area contributed by atoms with Gasteiger partial charge in [0.05, 0.1) is 16.9 Å². The maximum atomic E-state index is 11.0. The molecule has 0 aliphatic carbocycles. The minimum absolute atomic E-state index is 0.360. The average molecular weight is 303 g/mol. The summed E-state index contributed by atoms with van der Waals surface area (Å²) in [6.07, 6.45) is 0.518. The standard InChI is InChI=1S/C13H16Cl2N2O2/c1-13(2)7-6-10(17(13)16-19)12(18)11-8(14)4-3-5-9(11)15/h3-5,10,12,18H,6-7H2,1-2H3. The van der Waals surface area contributed by atoms with Gasteiger partial charge in [-0.3, -0.25) is 0 Å². The van der Waals surface area contributed by atoms with E-state index in [9.17, 15) is 10.0 Å². The monoisotopic (exact) mass is 302 g/mol. The first-order valence-electron chi connectivity index (χ1n) is 6.13. The second-order valence-electron chi connectivity index (χ2n) is 5.42. The van der Waals surface area contributed by atoms with Crippen LogP contribution in [0.4, 0.5) is 0 Å². The molecule has 1 aromatic carbocycles. The normalized spacial score (nSPS) is 23.4. The summed E-state index contributed by atoms with van der Waals surface area (Å²) in [6, 6.07) is 4.66. The lowest BCUT2D eigenvalue weighted by Gasteiger charge is -2.32. The third kappa shape index (κ3) is 2.57. The van der Waals surface area contributed by atoms with Gasteiger partial charge in [0, 0.05) is 15.6 Å². The highest BCUT2D eigenvalue weighted by Crippen LogP contribution is 2.42. The molecule has 0 aromatic heterocycles. The lowest BCUT2D eigenvalue weighted by atomic mass is 10.00. The van der Waals surface area contributed by atoms with E-state index in [2.05, 4.69) is 5.29 Å². The van der Waals surface area contributed by atoms with E-state index in [4.69, 9.17) is 23.2 Å². The van der Waals surface area contributed by atoms with Gasteiger partial charge in [-0.15, -0.1) is 4.91 Å². The van der Waals surface area contributed by atoms with Crippen LogP contribution in [-0.4, -0.2) is 21.7 Å². The van der Waals surface area contributed by atoms with Crippen LogP contribution in [-0.2, 0) is 0 Å².